The van der Waals surface area contributed by atoms with Crippen molar-refractivity contribution >= 4 is 39.3 Å². The average Bonchev–Trinajstić information content (AvgIpc) is 2.47. The van der Waals surface area contributed by atoms with Gasteiger partial charge in [0, 0.05) is 4.47 Å². The lowest BCUT2D eigenvalue weighted by Gasteiger charge is -2.13. The van der Waals surface area contributed by atoms with E-state index in [1.165, 1.54) is 0 Å². The van der Waals surface area contributed by atoms with Crippen LogP contribution < -0.4 is 5.32 Å². The SMILES string of the molecule is Cc1cccc(C2C(=O)NC(=O)C2Cl)c1Br. The van der Waals surface area contributed by atoms with E-state index < -0.39 is 17.2 Å². The first-order chi connectivity index (χ1) is 7.52. The van der Waals surface area contributed by atoms with E-state index in [2.05, 4.69) is 21.2 Å². The summed E-state index contributed by atoms with van der Waals surface area (Å²) in [4.78, 5) is 22.9. The summed E-state index contributed by atoms with van der Waals surface area (Å²) in [7, 11) is 0. The Morgan fingerprint density at radius 3 is 2.56 bits per heavy atom. The third-order valence-electron chi connectivity index (χ3n) is 2.63. The Balaban J connectivity index is 2.48. The standard InChI is InChI=1S/C11H9BrClNO2/c1-5-3-2-4-6(8(5)12)7-9(13)11(16)14-10(7)15/h2-4,7,9H,1H3,(H,14,15,16). The minimum Gasteiger partial charge on any atom is -0.295 e. The molecule has 0 spiro atoms. The molecule has 1 aromatic rings. The Hall–Kier alpha value is -0.870. The zero-order chi connectivity index (χ0) is 11.9. The number of halogens is 2. The number of carbonyl (C=O) groups is 2. The van der Waals surface area contributed by atoms with E-state index in [4.69, 9.17) is 11.6 Å². The third-order valence-corrected chi connectivity index (χ3v) is 4.16. The highest BCUT2D eigenvalue weighted by Gasteiger charge is 2.42. The summed E-state index contributed by atoms with van der Waals surface area (Å²) in [6, 6.07) is 5.57. The molecule has 0 bridgehead atoms. The number of imide groups is 1. The van der Waals surface area contributed by atoms with Crippen molar-refractivity contribution in [1.29, 1.82) is 0 Å². The highest BCUT2D eigenvalue weighted by Crippen LogP contribution is 2.34. The van der Waals surface area contributed by atoms with Crippen molar-refractivity contribution in [3.05, 3.63) is 33.8 Å². The maximum atomic E-state index is 11.6. The molecule has 16 heavy (non-hydrogen) atoms. The molecule has 0 radical (unpaired) electrons. The Kier molecular flexibility index (Phi) is 3.04. The smallest absolute Gasteiger partial charge is 0.245 e. The molecule has 1 N–H and O–H groups in total. The number of alkyl halides is 1. The maximum Gasteiger partial charge on any atom is 0.245 e. The van der Waals surface area contributed by atoms with Crippen LogP contribution in [0.2, 0.25) is 0 Å². The van der Waals surface area contributed by atoms with E-state index in [0.29, 0.717) is 0 Å². The van der Waals surface area contributed by atoms with Crippen LogP contribution in [0.1, 0.15) is 17.0 Å². The summed E-state index contributed by atoms with van der Waals surface area (Å²) in [6.07, 6.45) is 0. The van der Waals surface area contributed by atoms with Gasteiger partial charge in [0.25, 0.3) is 0 Å². The van der Waals surface area contributed by atoms with Gasteiger partial charge in [0.15, 0.2) is 0 Å². The number of hydrogen-bond acceptors (Lipinski definition) is 2. The molecule has 1 saturated heterocycles. The van der Waals surface area contributed by atoms with Gasteiger partial charge in [-0.25, -0.2) is 0 Å². The van der Waals surface area contributed by atoms with E-state index in [1.807, 2.05) is 19.1 Å². The molecular weight excluding hydrogens is 293 g/mol. The predicted molar refractivity (Wildman–Crippen MR) is 64.4 cm³/mol. The quantitative estimate of drug-likeness (QED) is 0.638. The fraction of sp³-hybridized carbons (Fsp3) is 0.273. The van der Waals surface area contributed by atoms with Crippen LogP contribution in [0.15, 0.2) is 22.7 Å². The first kappa shape index (κ1) is 11.6. The van der Waals surface area contributed by atoms with Gasteiger partial charge in [-0.2, -0.15) is 0 Å². The lowest BCUT2D eigenvalue weighted by molar-refractivity contribution is -0.125. The summed E-state index contributed by atoms with van der Waals surface area (Å²) >= 11 is 9.34. The molecule has 2 amide bonds. The van der Waals surface area contributed by atoms with Gasteiger partial charge >= 0.3 is 0 Å². The summed E-state index contributed by atoms with van der Waals surface area (Å²) in [5.74, 6) is -1.37. The van der Waals surface area contributed by atoms with Gasteiger partial charge in [0.2, 0.25) is 11.8 Å². The Morgan fingerprint density at radius 1 is 1.31 bits per heavy atom. The minimum atomic E-state index is -0.828. The summed E-state index contributed by atoms with van der Waals surface area (Å²) in [5.41, 5.74) is 1.76. The predicted octanol–water partition coefficient (Wildman–Crippen LogP) is 2.10. The Morgan fingerprint density at radius 2 is 2.00 bits per heavy atom. The van der Waals surface area contributed by atoms with E-state index in [0.717, 1.165) is 15.6 Å². The number of nitrogens with one attached hydrogen (secondary N) is 1. The monoisotopic (exact) mass is 301 g/mol. The molecule has 84 valence electrons. The molecule has 3 nitrogen and oxygen atoms in total. The number of rotatable bonds is 1. The molecule has 0 saturated carbocycles. The molecular formula is C11H9BrClNO2. The van der Waals surface area contributed by atoms with Crippen LogP contribution >= 0.6 is 27.5 Å². The normalized spacial score (nSPS) is 24.7. The largest absolute Gasteiger partial charge is 0.295 e. The maximum absolute atomic E-state index is 11.6. The van der Waals surface area contributed by atoms with Gasteiger partial charge in [-0.3, -0.25) is 14.9 Å². The molecule has 1 aliphatic heterocycles. The summed E-state index contributed by atoms with van der Waals surface area (Å²) < 4.78 is 0.829. The first-order valence-corrected chi connectivity index (χ1v) is 5.99. The van der Waals surface area contributed by atoms with Crippen molar-refractivity contribution in [3.8, 4) is 0 Å². The molecule has 5 heteroatoms. The average molecular weight is 303 g/mol. The number of benzene rings is 1. The molecule has 1 heterocycles. The van der Waals surface area contributed by atoms with Gasteiger partial charge in [-0.15, -0.1) is 11.6 Å². The van der Waals surface area contributed by atoms with Crippen LogP contribution in [0.5, 0.6) is 0 Å². The molecule has 1 aromatic carbocycles. The van der Waals surface area contributed by atoms with Gasteiger partial charge in [0.05, 0.1) is 5.92 Å². The van der Waals surface area contributed by atoms with Gasteiger partial charge < -0.3 is 0 Å². The lowest BCUT2D eigenvalue weighted by Crippen LogP contribution is -2.22. The number of amides is 2. The minimum absolute atomic E-state index is 0.337. The molecule has 1 aliphatic rings. The van der Waals surface area contributed by atoms with Crippen LogP contribution in [0.3, 0.4) is 0 Å². The fourth-order valence-electron chi connectivity index (χ4n) is 1.76. The van der Waals surface area contributed by atoms with Gasteiger partial charge in [-0.1, -0.05) is 34.1 Å². The van der Waals surface area contributed by atoms with Gasteiger partial charge in [-0.05, 0) is 18.1 Å². The number of hydrogen-bond donors (Lipinski definition) is 1. The topological polar surface area (TPSA) is 46.2 Å². The van der Waals surface area contributed by atoms with Crippen LogP contribution in [0.25, 0.3) is 0 Å². The van der Waals surface area contributed by atoms with Crippen molar-refractivity contribution < 1.29 is 9.59 Å². The molecule has 0 aromatic heterocycles. The highest BCUT2D eigenvalue weighted by molar-refractivity contribution is 9.10. The van der Waals surface area contributed by atoms with Gasteiger partial charge in [0.1, 0.15) is 5.38 Å². The second-order valence-electron chi connectivity index (χ2n) is 3.71. The Labute approximate surface area is 106 Å². The second kappa shape index (κ2) is 4.18. The molecule has 1 fully saturated rings. The van der Waals surface area contributed by atoms with E-state index in [-0.39, 0.29) is 5.91 Å². The first-order valence-electron chi connectivity index (χ1n) is 4.76. The van der Waals surface area contributed by atoms with E-state index >= 15 is 0 Å². The Bertz CT molecular complexity index is 475. The second-order valence-corrected chi connectivity index (χ2v) is 4.97. The van der Waals surface area contributed by atoms with Crippen molar-refractivity contribution in [2.75, 3.05) is 0 Å². The number of carbonyl (C=O) groups excluding carboxylic acids is 2. The van der Waals surface area contributed by atoms with Crippen molar-refractivity contribution in [2.45, 2.75) is 18.2 Å². The summed E-state index contributed by atoms with van der Waals surface area (Å²) in [6.45, 7) is 1.92. The van der Waals surface area contributed by atoms with Crippen LogP contribution in [-0.2, 0) is 9.59 Å². The van der Waals surface area contributed by atoms with Crippen LogP contribution in [0.4, 0.5) is 0 Å². The molecule has 2 unspecified atom stereocenters. The third kappa shape index (κ3) is 1.76. The van der Waals surface area contributed by atoms with E-state index in [1.54, 1.807) is 6.07 Å². The van der Waals surface area contributed by atoms with Crippen molar-refractivity contribution in [2.24, 2.45) is 0 Å². The molecule has 2 rings (SSSR count). The lowest BCUT2D eigenvalue weighted by atomic mass is 9.96. The fourth-order valence-corrected chi connectivity index (χ4v) is 2.58. The zero-order valence-electron chi connectivity index (χ0n) is 8.46. The zero-order valence-corrected chi connectivity index (χ0v) is 10.8. The summed E-state index contributed by atoms with van der Waals surface area (Å²) in [5, 5.41) is 1.40. The molecule has 2 atom stereocenters. The van der Waals surface area contributed by atoms with Crippen LogP contribution in [-0.4, -0.2) is 17.2 Å². The highest BCUT2D eigenvalue weighted by atomic mass is 79.9. The van der Waals surface area contributed by atoms with Crippen molar-refractivity contribution in [3.63, 3.8) is 0 Å². The van der Waals surface area contributed by atoms with Crippen LogP contribution in [0, 0.1) is 6.92 Å². The number of aryl methyl sites for hydroxylation is 1. The van der Waals surface area contributed by atoms with E-state index in [9.17, 15) is 9.59 Å². The molecule has 0 aliphatic carbocycles. The van der Waals surface area contributed by atoms with Crippen molar-refractivity contribution in [1.82, 2.24) is 5.32 Å².